The molecular formula is C14H21N3O4. The standard InChI is InChI=1S/C14H21N3O4/c1-3-4-8-16(2)9-7-14(19)15-12-6-5-11(17(20)21)10-13(12)18/h5-6,10,18H,3-4,7-9H2,1-2H3,(H,15,19). The Morgan fingerprint density at radius 3 is 2.71 bits per heavy atom. The highest BCUT2D eigenvalue weighted by molar-refractivity contribution is 5.92. The number of amides is 1. The Morgan fingerprint density at radius 1 is 1.43 bits per heavy atom. The van der Waals surface area contributed by atoms with Crippen LogP contribution in [0.4, 0.5) is 11.4 Å². The van der Waals surface area contributed by atoms with Gasteiger partial charge in [-0.1, -0.05) is 13.3 Å². The molecule has 0 heterocycles. The largest absolute Gasteiger partial charge is 0.506 e. The van der Waals surface area contributed by atoms with Crippen molar-refractivity contribution in [3.05, 3.63) is 28.3 Å². The van der Waals surface area contributed by atoms with E-state index in [1.807, 2.05) is 7.05 Å². The lowest BCUT2D eigenvalue weighted by molar-refractivity contribution is -0.384. The van der Waals surface area contributed by atoms with Crippen molar-refractivity contribution >= 4 is 17.3 Å². The van der Waals surface area contributed by atoms with Gasteiger partial charge in [-0.2, -0.15) is 0 Å². The predicted molar refractivity (Wildman–Crippen MR) is 80.4 cm³/mol. The summed E-state index contributed by atoms with van der Waals surface area (Å²) in [5, 5.41) is 22.8. The quantitative estimate of drug-likeness (QED) is 0.436. The predicted octanol–water partition coefficient (Wildman–Crippen LogP) is 2.36. The second-order valence-electron chi connectivity index (χ2n) is 4.91. The van der Waals surface area contributed by atoms with Crippen molar-refractivity contribution in [3.63, 3.8) is 0 Å². The van der Waals surface area contributed by atoms with Gasteiger partial charge in [0, 0.05) is 19.0 Å². The molecule has 0 spiro atoms. The van der Waals surface area contributed by atoms with Crippen LogP contribution in [0.25, 0.3) is 0 Å². The third-order valence-corrected chi connectivity index (χ3v) is 3.08. The number of nitrogens with zero attached hydrogens (tertiary/aromatic N) is 2. The van der Waals surface area contributed by atoms with Crippen molar-refractivity contribution in [2.45, 2.75) is 26.2 Å². The molecule has 0 aliphatic rings. The van der Waals surface area contributed by atoms with Gasteiger partial charge in [-0.25, -0.2) is 0 Å². The Hall–Kier alpha value is -2.15. The summed E-state index contributed by atoms with van der Waals surface area (Å²) in [4.78, 5) is 23.8. The van der Waals surface area contributed by atoms with E-state index in [4.69, 9.17) is 0 Å². The number of nitro benzene ring substituents is 1. The summed E-state index contributed by atoms with van der Waals surface area (Å²) >= 11 is 0. The van der Waals surface area contributed by atoms with Crippen LogP contribution in [0, 0.1) is 10.1 Å². The van der Waals surface area contributed by atoms with Crippen LogP contribution in [0.2, 0.25) is 0 Å². The molecule has 21 heavy (non-hydrogen) atoms. The number of nitro groups is 1. The maximum Gasteiger partial charge on any atom is 0.273 e. The van der Waals surface area contributed by atoms with E-state index in [2.05, 4.69) is 17.1 Å². The first-order valence-corrected chi connectivity index (χ1v) is 6.89. The Balaban J connectivity index is 2.49. The molecule has 0 bridgehead atoms. The van der Waals surface area contributed by atoms with E-state index in [-0.39, 0.29) is 23.0 Å². The van der Waals surface area contributed by atoms with Crippen molar-refractivity contribution < 1.29 is 14.8 Å². The fourth-order valence-corrected chi connectivity index (χ4v) is 1.78. The minimum Gasteiger partial charge on any atom is -0.506 e. The number of phenols is 1. The van der Waals surface area contributed by atoms with E-state index in [1.165, 1.54) is 12.1 Å². The van der Waals surface area contributed by atoms with Crippen LogP contribution in [-0.4, -0.2) is 41.0 Å². The van der Waals surface area contributed by atoms with E-state index in [1.54, 1.807) is 0 Å². The molecule has 0 radical (unpaired) electrons. The van der Waals surface area contributed by atoms with E-state index >= 15 is 0 Å². The van der Waals surface area contributed by atoms with Crippen molar-refractivity contribution in [1.82, 2.24) is 4.90 Å². The monoisotopic (exact) mass is 295 g/mol. The van der Waals surface area contributed by atoms with E-state index in [0.717, 1.165) is 25.5 Å². The van der Waals surface area contributed by atoms with Crippen LogP contribution in [0.5, 0.6) is 5.75 Å². The Kier molecular flexibility index (Phi) is 6.61. The van der Waals surface area contributed by atoms with Gasteiger partial charge in [-0.3, -0.25) is 14.9 Å². The van der Waals surface area contributed by atoms with Gasteiger partial charge in [-0.15, -0.1) is 0 Å². The average molecular weight is 295 g/mol. The molecule has 1 aromatic carbocycles. The summed E-state index contributed by atoms with van der Waals surface area (Å²) < 4.78 is 0. The maximum absolute atomic E-state index is 11.8. The molecule has 0 fully saturated rings. The van der Waals surface area contributed by atoms with Gasteiger partial charge in [0.15, 0.2) is 0 Å². The van der Waals surface area contributed by atoms with Crippen LogP contribution >= 0.6 is 0 Å². The zero-order valence-electron chi connectivity index (χ0n) is 12.3. The zero-order valence-corrected chi connectivity index (χ0v) is 12.3. The number of hydrogen-bond donors (Lipinski definition) is 2. The first-order chi connectivity index (χ1) is 9.93. The van der Waals surface area contributed by atoms with Gasteiger partial charge in [0.1, 0.15) is 5.75 Å². The van der Waals surface area contributed by atoms with Crippen molar-refractivity contribution in [2.24, 2.45) is 0 Å². The lowest BCUT2D eigenvalue weighted by Crippen LogP contribution is -2.25. The summed E-state index contributed by atoms with van der Waals surface area (Å²) in [6.45, 7) is 3.67. The highest BCUT2D eigenvalue weighted by atomic mass is 16.6. The number of phenolic OH excluding ortho intramolecular Hbond substituents is 1. The van der Waals surface area contributed by atoms with Crippen LogP contribution in [0.3, 0.4) is 0 Å². The van der Waals surface area contributed by atoms with Crippen molar-refractivity contribution in [3.8, 4) is 5.75 Å². The molecule has 1 aromatic rings. The van der Waals surface area contributed by atoms with Gasteiger partial charge in [0.25, 0.3) is 5.69 Å². The van der Waals surface area contributed by atoms with Crippen LogP contribution in [-0.2, 0) is 4.79 Å². The molecule has 1 amide bonds. The maximum atomic E-state index is 11.8. The summed E-state index contributed by atoms with van der Waals surface area (Å²) in [7, 11) is 1.95. The number of non-ortho nitro benzene ring substituents is 1. The van der Waals surface area contributed by atoms with Gasteiger partial charge in [0.2, 0.25) is 5.91 Å². The van der Waals surface area contributed by atoms with Crippen LogP contribution < -0.4 is 5.32 Å². The average Bonchev–Trinajstić information content (AvgIpc) is 2.44. The minimum atomic E-state index is -0.603. The molecule has 0 aliphatic heterocycles. The highest BCUT2D eigenvalue weighted by Crippen LogP contribution is 2.27. The summed E-state index contributed by atoms with van der Waals surface area (Å²) in [5.41, 5.74) is -0.0355. The molecule has 116 valence electrons. The van der Waals surface area contributed by atoms with Crippen LogP contribution in [0.15, 0.2) is 18.2 Å². The topological polar surface area (TPSA) is 95.7 Å². The van der Waals surface area contributed by atoms with E-state index in [0.29, 0.717) is 13.0 Å². The SMILES string of the molecule is CCCCN(C)CCC(=O)Nc1ccc([N+](=O)[O-])cc1O. The van der Waals surface area contributed by atoms with Crippen LogP contribution in [0.1, 0.15) is 26.2 Å². The molecule has 2 N–H and O–H groups in total. The summed E-state index contributed by atoms with van der Waals surface area (Å²) in [5.74, 6) is -0.542. The number of rotatable bonds is 8. The Bertz CT molecular complexity index is 505. The molecule has 0 saturated carbocycles. The molecule has 0 aliphatic carbocycles. The number of carbonyl (C=O) groups excluding carboxylic acids is 1. The van der Waals surface area contributed by atoms with Gasteiger partial charge < -0.3 is 15.3 Å². The van der Waals surface area contributed by atoms with Gasteiger partial charge in [-0.05, 0) is 26.1 Å². The smallest absolute Gasteiger partial charge is 0.273 e. The Labute approximate surface area is 123 Å². The molecule has 0 unspecified atom stereocenters. The first-order valence-electron chi connectivity index (χ1n) is 6.89. The first kappa shape index (κ1) is 16.9. The van der Waals surface area contributed by atoms with E-state index < -0.39 is 4.92 Å². The molecule has 1 rings (SSSR count). The van der Waals surface area contributed by atoms with Crippen molar-refractivity contribution in [2.75, 3.05) is 25.5 Å². The fraction of sp³-hybridized carbons (Fsp3) is 0.500. The second-order valence-corrected chi connectivity index (χ2v) is 4.91. The summed E-state index contributed by atoms with van der Waals surface area (Å²) in [6.07, 6.45) is 2.49. The normalized spacial score (nSPS) is 10.6. The van der Waals surface area contributed by atoms with E-state index in [9.17, 15) is 20.0 Å². The molecular weight excluding hydrogens is 274 g/mol. The fourth-order valence-electron chi connectivity index (χ4n) is 1.78. The zero-order chi connectivity index (χ0) is 15.8. The lowest BCUT2D eigenvalue weighted by atomic mass is 10.2. The summed E-state index contributed by atoms with van der Waals surface area (Å²) in [6, 6.07) is 3.58. The molecule has 7 nitrogen and oxygen atoms in total. The highest BCUT2D eigenvalue weighted by Gasteiger charge is 2.12. The van der Waals surface area contributed by atoms with Crippen molar-refractivity contribution in [1.29, 1.82) is 0 Å². The number of carbonyl (C=O) groups is 1. The molecule has 0 aromatic heterocycles. The third kappa shape index (κ3) is 5.78. The lowest BCUT2D eigenvalue weighted by Gasteiger charge is -2.15. The van der Waals surface area contributed by atoms with Gasteiger partial charge >= 0.3 is 0 Å². The molecule has 0 atom stereocenters. The number of benzene rings is 1. The number of aromatic hydroxyl groups is 1. The minimum absolute atomic E-state index is 0.182. The second kappa shape index (κ2) is 8.21. The number of nitrogens with one attached hydrogen (secondary N) is 1. The number of unbranched alkanes of at least 4 members (excludes halogenated alkanes) is 1. The Morgan fingerprint density at radius 2 is 2.14 bits per heavy atom. The number of hydrogen-bond acceptors (Lipinski definition) is 5. The third-order valence-electron chi connectivity index (χ3n) is 3.08. The molecule has 7 heteroatoms. The van der Waals surface area contributed by atoms with Gasteiger partial charge in [0.05, 0.1) is 16.7 Å². The molecule has 0 saturated heterocycles. The number of anilines is 1.